The van der Waals surface area contributed by atoms with Crippen molar-refractivity contribution in [2.75, 3.05) is 5.32 Å². The third-order valence-electron chi connectivity index (χ3n) is 4.91. The topological polar surface area (TPSA) is 78.5 Å². The molecular formula is C19H22FN3O3. The highest BCUT2D eigenvalue weighted by Gasteiger charge is 2.45. The first-order chi connectivity index (χ1) is 12.5. The lowest BCUT2D eigenvalue weighted by Gasteiger charge is -2.38. The summed E-state index contributed by atoms with van der Waals surface area (Å²) in [4.78, 5) is 38.8. The van der Waals surface area contributed by atoms with Crippen molar-refractivity contribution in [3.63, 3.8) is 0 Å². The van der Waals surface area contributed by atoms with E-state index < -0.39 is 29.6 Å². The van der Waals surface area contributed by atoms with Crippen LogP contribution in [0.2, 0.25) is 0 Å². The van der Waals surface area contributed by atoms with Crippen molar-refractivity contribution in [1.82, 2.24) is 10.2 Å². The molecule has 0 radical (unpaired) electrons. The zero-order chi connectivity index (χ0) is 18.7. The maximum absolute atomic E-state index is 13.9. The SMILES string of the molecule is C/C=C(\Nc1ccccc1F)[C@H]1C(=O)NC(=O)N(C2CCCCC2)C1=O. The van der Waals surface area contributed by atoms with Gasteiger partial charge in [0.05, 0.1) is 5.69 Å². The summed E-state index contributed by atoms with van der Waals surface area (Å²) in [5.74, 6) is -2.93. The molecule has 0 unspecified atom stereocenters. The summed E-state index contributed by atoms with van der Waals surface area (Å²) in [6.45, 7) is 1.66. The first-order valence-corrected chi connectivity index (χ1v) is 8.88. The first kappa shape index (κ1) is 18.1. The highest BCUT2D eigenvalue weighted by Crippen LogP contribution is 2.29. The maximum atomic E-state index is 13.9. The molecule has 1 heterocycles. The summed E-state index contributed by atoms with van der Waals surface area (Å²) in [6.07, 6.45) is 6.02. The van der Waals surface area contributed by atoms with Crippen LogP contribution in [0.25, 0.3) is 0 Å². The predicted octanol–water partition coefficient (Wildman–Crippen LogP) is 3.17. The average molecular weight is 359 g/mol. The number of hydrogen-bond acceptors (Lipinski definition) is 4. The van der Waals surface area contributed by atoms with Crippen molar-refractivity contribution in [1.29, 1.82) is 0 Å². The van der Waals surface area contributed by atoms with E-state index in [1.54, 1.807) is 25.1 Å². The summed E-state index contributed by atoms with van der Waals surface area (Å²) in [5, 5.41) is 5.11. The van der Waals surface area contributed by atoms with Gasteiger partial charge < -0.3 is 5.32 Å². The molecule has 6 nitrogen and oxygen atoms in total. The Bertz CT molecular complexity index is 756. The van der Waals surface area contributed by atoms with Gasteiger partial charge in [0.2, 0.25) is 11.8 Å². The molecule has 1 aliphatic carbocycles. The van der Waals surface area contributed by atoms with Crippen molar-refractivity contribution in [3.05, 3.63) is 41.9 Å². The van der Waals surface area contributed by atoms with Crippen LogP contribution < -0.4 is 10.6 Å². The highest BCUT2D eigenvalue weighted by molar-refractivity contribution is 6.18. The fraction of sp³-hybridized carbons (Fsp3) is 0.421. The zero-order valence-electron chi connectivity index (χ0n) is 14.6. The smallest absolute Gasteiger partial charge is 0.331 e. The molecule has 1 aromatic carbocycles. The Balaban J connectivity index is 1.86. The first-order valence-electron chi connectivity index (χ1n) is 8.88. The molecule has 1 aromatic rings. The summed E-state index contributed by atoms with van der Waals surface area (Å²) in [6, 6.07) is 5.16. The number of halogens is 1. The van der Waals surface area contributed by atoms with Crippen LogP contribution in [0.3, 0.4) is 0 Å². The van der Waals surface area contributed by atoms with E-state index in [0.29, 0.717) is 0 Å². The molecule has 1 saturated heterocycles. The Hall–Kier alpha value is -2.70. The molecule has 2 N–H and O–H groups in total. The number of para-hydroxylation sites is 1. The van der Waals surface area contributed by atoms with Gasteiger partial charge in [-0.05, 0) is 31.9 Å². The molecule has 4 amide bonds. The Morgan fingerprint density at radius 2 is 1.88 bits per heavy atom. The number of benzene rings is 1. The third kappa shape index (κ3) is 3.47. The molecule has 1 saturated carbocycles. The van der Waals surface area contributed by atoms with E-state index in [1.165, 1.54) is 17.0 Å². The van der Waals surface area contributed by atoms with Crippen molar-refractivity contribution in [3.8, 4) is 0 Å². The molecule has 0 aromatic heterocycles. The maximum Gasteiger partial charge on any atom is 0.331 e. The van der Waals surface area contributed by atoms with Gasteiger partial charge in [0.1, 0.15) is 5.82 Å². The van der Waals surface area contributed by atoms with Gasteiger partial charge >= 0.3 is 6.03 Å². The number of urea groups is 1. The Kier molecular flexibility index (Phi) is 5.35. The molecule has 0 spiro atoms. The number of nitrogens with one attached hydrogen (secondary N) is 2. The van der Waals surface area contributed by atoms with E-state index in [2.05, 4.69) is 10.6 Å². The van der Waals surface area contributed by atoms with Crippen LogP contribution in [-0.4, -0.2) is 28.8 Å². The molecule has 0 bridgehead atoms. The zero-order valence-corrected chi connectivity index (χ0v) is 14.6. The van der Waals surface area contributed by atoms with Gasteiger partial charge in [-0.3, -0.25) is 19.8 Å². The van der Waals surface area contributed by atoms with Crippen LogP contribution in [0.15, 0.2) is 36.0 Å². The van der Waals surface area contributed by atoms with E-state index in [0.717, 1.165) is 32.1 Å². The predicted molar refractivity (Wildman–Crippen MR) is 94.5 cm³/mol. The normalized spacial score (nSPS) is 22.4. The van der Waals surface area contributed by atoms with Crippen molar-refractivity contribution >= 4 is 23.5 Å². The number of barbiturate groups is 1. The van der Waals surface area contributed by atoms with Gasteiger partial charge in [-0.1, -0.05) is 37.5 Å². The molecule has 3 rings (SSSR count). The number of amides is 4. The molecule has 2 aliphatic rings. The molecule has 26 heavy (non-hydrogen) atoms. The van der Waals surface area contributed by atoms with Gasteiger partial charge in [-0.2, -0.15) is 0 Å². The monoisotopic (exact) mass is 359 g/mol. The van der Waals surface area contributed by atoms with Gasteiger partial charge in [0.25, 0.3) is 0 Å². The number of nitrogens with zero attached hydrogens (tertiary/aromatic N) is 1. The fourth-order valence-electron chi connectivity index (χ4n) is 3.58. The van der Waals surface area contributed by atoms with Gasteiger partial charge in [0.15, 0.2) is 5.92 Å². The fourth-order valence-corrected chi connectivity index (χ4v) is 3.58. The Labute approximate surface area is 151 Å². The number of carbonyl (C=O) groups is 3. The van der Waals surface area contributed by atoms with E-state index in [9.17, 15) is 18.8 Å². The summed E-state index contributed by atoms with van der Waals surface area (Å²) in [7, 11) is 0. The Morgan fingerprint density at radius 3 is 2.54 bits per heavy atom. The van der Waals surface area contributed by atoms with E-state index >= 15 is 0 Å². The number of anilines is 1. The second-order valence-corrected chi connectivity index (χ2v) is 6.58. The van der Waals surface area contributed by atoms with Crippen LogP contribution >= 0.6 is 0 Å². The number of hydrogen-bond donors (Lipinski definition) is 2. The van der Waals surface area contributed by atoms with Crippen molar-refractivity contribution in [2.24, 2.45) is 5.92 Å². The number of allylic oxidation sites excluding steroid dienone is 1. The quantitative estimate of drug-likeness (QED) is 0.810. The number of rotatable bonds is 4. The molecule has 138 valence electrons. The standard InChI is InChI=1S/C19H22FN3O3/c1-2-14(21-15-11-7-6-10-13(15)20)16-17(24)22-19(26)23(18(16)25)12-8-4-3-5-9-12/h2,6-7,10-12,16,21H,3-5,8-9H2,1H3,(H,22,24,26)/b14-2-/t16-/m0/s1. The minimum absolute atomic E-state index is 0.169. The van der Waals surface area contributed by atoms with Crippen LogP contribution in [-0.2, 0) is 9.59 Å². The van der Waals surface area contributed by atoms with Gasteiger partial charge in [-0.15, -0.1) is 0 Å². The third-order valence-corrected chi connectivity index (χ3v) is 4.91. The lowest BCUT2D eigenvalue weighted by Crippen LogP contribution is -2.61. The van der Waals surface area contributed by atoms with E-state index in [1.807, 2.05) is 0 Å². The molecule has 2 fully saturated rings. The van der Waals surface area contributed by atoms with E-state index in [4.69, 9.17) is 0 Å². The average Bonchev–Trinajstić information content (AvgIpc) is 2.63. The van der Waals surface area contributed by atoms with Crippen molar-refractivity contribution < 1.29 is 18.8 Å². The largest absolute Gasteiger partial charge is 0.356 e. The number of imide groups is 2. The van der Waals surface area contributed by atoms with Crippen LogP contribution in [0.5, 0.6) is 0 Å². The summed E-state index contributed by atoms with van der Waals surface area (Å²) in [5.41, 5.74) is 0.424. The summed E-state index contributed by atoms with van der Waals surface area (Å²) < 4.78 is 13.9. The lowest BCUT2D eigenvalue weighted by atomic mass is 9.91. The van der Waals surface area contributed by atoms with Crippen molar-refractivity contribution in [2.45, 2.75) is 45.1 Å². The molecule has 7 heteroatoms. The second-order valence-electron chi connectivity index (χ2n) is 6.58. The summed E-state index contributed by atoms with van der Waals surface area (Å²) >= 11 is 0. The Morgan fingerprint density at radius 1 is 1.19 bits per heavy atom. The minimum Gasteiger partial charge on any atom is -0.356 e. The van der Waals surface area contributed by atoms with Crippen LogP contribution in [0, 0.1) is 11.7 Å². The van der Waals surface area contributed by atoms with Crippen LogP contribution in [0.4, 0.5) is 14.9 Å². The minimum atomic E-state index is -1.20. The van der Waals surface area contributed by atoms with Gasteiger partial charge in [0, 0.05) is 11.7 Å². The van der Waals surface area contributed by atoms with Gasteiger partial charge in [-0.25, -0.2) is 9.18 Å². The lowest BCUT2D eigenvalue weighted by molar-refractivity contribution is -0.142. The second kappa shape index (κ2) is 7.68. The number of carbonyl (C=O) groups excluding carboxylic acids is 3. The highest BCUT2D eigenvalue weighted by atomic mass is 19.1. The van der Waals surface area contributed by atoms with Crippen LogP contribution in [0.1, 0.15) is 39.0 Å². The molecule has 1 atom stereocenters. The van der Waals surface area contributed by atoms with E-state index in [-0.39, 0.29) is 17.4 Å². The molecular weight excluding hydrogens is 337 g/mol. The molecule has 1 aliphatic heterocycles.